The van der Waals surface area contributed by atoms with Crippen LogP contribution in [0.5, 0.6) is 0 Å². The first-order valence-corrected chi connectivity index (χ1v) is 12.9. The standard InChI is InChI=1S/C30H30N4O3/c1-19-26(11-7-21-13-14-37-28(19)21)30(36)33-23-15-24-9-10-25(16-23)34(24)27-12-8-22(18-31-27)29(35)32-17-20-5-3-2-4-6-20/h2-8,11-14,18,23-25H,9-10,15-17H2,1H3,(H,32,35)(H,33,36). The van der Waals surface area contributed by atoms with E-state index in [1.165, 1.54) is 0 Å². The molecule has 2 amide bonds. The van der Waals surface area contributed by atoms with Gasteiger partial charge in [-0.25, -0.2) is 4.98 Å². The Labute approximate surface area is 215 Å². The number of nitrogens with zero attached hydrogens (tertiary/aromatic N) is 2. The number of rotatable bonds is 6. The molecule has 2 fully saturated rings. The third kappa shape index (κ3) is 4.57. The summed E-state index contributed by atoms with van der Waals surface area (Å²) >= 11 is 0. The van der Waals surface area contributed by atoms with Crippen LogP contribution in [0.15, 0.2) is 77.5 Å². The van der Waals surface area contributed by atoms with Gasteiger partial charge in [0.2, 0.25) is 0 Å². The maximum Gasteiger partial charge on any atom is 0.253 e. The largest absolute Gasteiger partial charge is 0.464 e. The zero-order valence-electron chi connectivity index (χ0n) is 20.8. The smallest absolute Gasteiger partial charge is 0.253 e. The number of anilines is 1. The zero-order valence-corrected chi connectivity index (χ0v) is 20.8. The molecule has 0 radical (unpaired) electrons. The lowest BCUT2D eigenvalue weighted by molar-refractivity contribution is 0.0924. The molecule has 4 heterocycles. The molecule has 4 aromatic rings. The maximum absolute atomic E-state index is 13.1. The summed E-state index contributed by atoms with van der Waals surface area (Å²) in [6.07, 6.45) is 7.24. The van der Waals surface area contributed by atoms with Gasteiger partial charge in [0.25, 0.3) is 11.8 Å². The third-order valence-electron chi connectivity index (χ3n) is 7.75. The quantitative estimate of drug-likeness (QED) is 0.394. The van der Waals surface area contributed by atoms with Crippen LogP contribution in [0, 0.1) is 6.92 Å². The van der Waals surface area contributed by atoms with Crippen LogP contribution in [0.1, 0.15) is 57.5 Å². The first-order valence-electron chi connectivity index (χ1n) is 12.9. The lowest BCUT2D eigenvalue weighted by Gasteiger charge is -2.40. The van der Waals surface area contributed by atoms with E-state index in [-0.39, 0.29) is 17.9 Å². The minimum atomic E-state index is -0.129. The third-order valence-corrected chi connectivity index (χ3v) is 7.75. The van der Waals surface area contributed by atoms with E-state index in [1.807, 2.05) is 67.6 Å². The summed E-state index contributed by atoms with van der Waals surface area (Å²) in [7, 11) is 0. The Bertz CT molecular complexity index is 1420. The van der Waals surface area contributed by atoms with Gasteiger partial charge in [0.15, 0.2) is 0 Å². The van der Waals surface area contributed by atoms with Gasteiger partial charge in [-0.3, -0.25) is 9.59 Å². The number of furan rings is 1. The number of benzene rings is 2. The summed E-state index contributed by atoms with van der Waals surface area (Å²) in [5, 5.41) is 7.24. The van der Waals surface area contributed by atoms with Crippen molar-refractivity contribution in [3.63, 3.8) is 0 Å². The molecule has 2 aromatic heterocycles. The number of fused-ring (bicyclic) bond motifs is 3. The minimum absolute atomic E-state index is 0.0438. The van der Waals surface area contributed by atoms with Crippen molar-refractivity contribution in [1.29, 1.82) is 0 Å². The van der Waals surface area contributed by atoms with Gasteiger partial charge in [0, 0.05) is 47.4 Å². The van der Waals surface area contributed by atoms with Crippen LogP contribution >= 0.6 is 0 Å². The first-order chi connectivity index (χ1) is 18.1. The molecular formula is C30H30N4O3. The second kappa shape index (κ2) is 9.73. The van der Waals surface area contributed by atoms with Gasteiger partial charge in [0.05, 0.1) is 11.8 Å². The molecule has 2 saturated heterocycles. The van der Waals surface area contributed by atoms with Crippen molar-refractivity contribution in [3.8, 4) is 0 Å². The molecule has 37 heavy (non-hydrogen) atoms. The number of hydrogen-bond acceptors (Lipinski definition) is 5. The van der Waals surface area contributed by atoms with E-state index >= 15 is 0 Å². The first kappa shape index (κ1) is 23.3. The van der Waals surface area contributed by atoms with Crippen molar-refractivity contribution in [1.82, 2.24) is 15.6 Å². The van der Waals surface area contributed by atoms with Gasteiger partial charge >= 0.3 is 0 Å². The SMILES string of the molecule is Cc1c(C(=O)NC2CC3CCC(C2)N3c2ccc(C(=O)NCc3ccccc3)cn2)ccc2ccoc12. The van der Waals surface area contributed by atoms with Gasteiger partial charge in [-0.1, -0.05) is 36.4 Å². The number of amides is 2. The van der Waals surface area contributed by atoms with Gasteiger partial charge in [-0.15, -0.1) is 0 Å². The number of carbonyl (C=O) groups is 2. The lowest BCUT2D eigenvalue weighted by Crippen LogP contribution is -2.50. The van der Waals surface area contributed by atoms with E-state index in [4.69, 9.17) is 4.42 Å². The van der Waals surface area contributed by atoms with Gasteiger partial charge in [-0.05, 0) is 62.4 Å². The summed E-state index contributed by atoms with van der Waals surface area (Å²) in [4.78, 5) is 32.7. The normalized spacial score (nSPS) is 20.7. The predicted molar refractivity (Wildman–Crippen MR) is 143 cm³/mol. The monoisotopic (exact) mass is 494 g/mol. The highest BCUT2D eigenvalue weighted by Gasteiger charge is 2.42. The number of piperidine rings is 1. The van der Waals surface area contributed by atoms with Gasteiger partial charge in [-0.2, -0.15) is 0 Å². The number of carbonyl (C=O) groups excluding carboxylic acids is 2. The summed E-state index contributed by atoms with van der Waals surface area (Å²) < 4.78 is 5.57. The molecule has 2 aliphatic rings. The number of pyridine rings is 1. The summed E-state index contributed by atoms with van der Waals surface area (Å²) in [6, 6.07) is 20.1. The average molecular weight is 495 g/mol. The fourth-order valence-corrected chi connectivity index (χ4v) is 5.91. The molecule has 188 valence electrons. The fraction of sp³-hybridized carbons (Fsp3) is 0.300. The van der Waals surface area contributed by atoms with Crippen LogP contribution in [0.4, 0.5) is 5.82 Å². The van der Waals surface area contributed by atoms with Crippen molar-refractivity contribution in [2.75, 3.05) is 4.90 Å². The Morgan fingerprint density at radius 1 is 0.973 bits per heavy atom. The molecule has 6 rings (SSSR count). The molecule has 7 nitrogen and oxygen atoms in total. The lowest BCUT2D eigenvalue weighted by atomic mass is 9.96. The molecule has 7 heteroatoms. The van der Waals surface area contributed by atoms with Crippen molar-refractivity contribution < 1.29 is 14.0 Å². The summed E-state index contributed by atoms with van der Waals surface area (Å²) in [5.74, 6) is 0.726. The molecule has 2 bridgehead atoms. The van der Waals surface area contributed by atoms with E-state index in [0.717, 1.165) is 53.6 Å². The Morgan fingerprint density at radius 2 is 1.76 bits per heavy atom. The Kier molecular flexibility index (Phi) is 6.12. The summed E-state index contributed by atoms with van der Waals surface area (Å²) in [5.41, 5.74) is 3.92. The topological polar surface area (TPSA) is 87.5 Å². The van der Waals surface area contributed by atoms with E-state index in [1.54, 1.807) is 12.5 Å². The second-order valence-corrected chi connectivity index (χ2v) is 10.1. The molecule has 2 unspecified atom stereocenters. The van der Waals surface area contributed by atoms with Crippen LogP contribution in [0.25, 0.3) is 11.0 Å². The number of hydrogen-bond donors (Lipinski definition) is 2. The average Bonchev–Trinajstić information content (AvgIpc) is 3.51. The zero-order chi connectivity index (χ0) is 25.4. The van der Waals surface area contributed by atoms with Crippen molar-refractivity contribution in [2.45, 2.75) is 57.3 Å². The van der Waals surface area contributed by atoms with E-state index in [9.17, 15) is 9.59 Å². The van der Waals surface area contributed by atoms with E-state index in [2.05, 4.69) is 20.5 Å². The van der Waals surface area contributed by atoms with Crippen LogP contribution in [0.2, 0.25) is 0 Å². The van der Waals surface area contributed by atoms with Crippen molar-refractivity contribution >= 4 is 28.6 Å². The molecule has 0 aliphatic carbocycles. The Balaban J connectivity index is 1.08. The van der Waals surface area contributed by atoms with Crippen molar-refractivity contribution in [3.05, 3.63) is 95.4 Å². The molecule has 2 aliphatic heterocycles. The maximum atomic E-state index is 13.1. The number of aromatic nitrogens is 1. The van der Waals surface area contributed by atoms with Crippen LogP contribution in [-0.4, -0.2) is 34.9 Å². The predicted octanol–water partition coefficient (Wildman–Crippen LogP) is 5.00. The van der Waals surface area contributed by atoms with Crippen molar-refractivity contribution in [2.24, 2.45) is 0 Å². The van der Waals surface area contributed by atoms with E-state index < -0.39 is 0 Å². The van der Waals surface area contributed by atoms with Crippen LogP contribution < -0.4 is 15.5 Å². The fourth-order valence-electron chi connectivity index (χ4n) is 5.91. The number of nitrogens with one attached hydrogen (secondary N) is 2. The molecule has 0 spiro atoms. The molecule has 0 saturated carbocycles. The highest BCUT2D eigenvalue weighted by Crippen LogP contribution is 2.38. The van der Waals surface area contributed by atoms with Gasteiger partial charge < -0.3 is 20.0 Å². The molecule has 2 N–H and O–H groups in total. The minimum Gasteiger partial charge on any atom is -0.464 e. The number of aryl methyl sites for hydroxylation is 1. The Hall–Kier alpha value is -4.13. The summed E-state index contributed by atoms with van der Waals surface area (Å²) in [6.45, 7) is 2.42. The highest BCUT2D eigenvalue weighted by molar-refractivity contribution is 6.00. The molecule has 2 atom stereocenters. The van der Waals surface area contributed by atoms with E-state index in [0.29, 0.717) is 29.8 Å². The second-order valence-electron chi connectivity index (χ2n) is 10.1. The van der Waals surface area contributed by atoms with Crippen LogP contribution in [-0.2, 0) is 6.54 Å². The highest BCUT2D eigenvalue weighted by atomic mass is 16.3. The Morgan fingerprint density at radius 3 is 2.49 bits per heavy atom. The van der Waals surface area contributed by atoms with Gasteiger partial charge in [0.1, 0.15) is 11.4 Å². The van der Waals surface area contributed by atoms with Crippen LogP contribution in [0.3, 0.4) is 0 Å². The molecular weight excluding hydrogens is 464 g/mol. The molecule has 2 aromatic carbocycles.